The van der Waals surface area contributed by atoms with Gasteiger partial charge in [0.25, 0.3) is 0 Å². The second kappa shape index (κ2) is 6.40. The third kappa shape index (κ3) is 4.49. The average molecular weight is 328 g/mol. The summed E-state index contributed by atoms with van der Waals surface area (Å²) < 4.78 is 36.6. The fourth-order valence-corrected chi connectivity index (χ4v) is 2.35. The van der Waals surface area contributed by atoms with Gasteiger partial charge in [0, 0.05) is 16.5 Å². The Bertz CT molecular complexity index is 618. The van der Waals surface area contributed by atoms with Gasteiger partial charge in [-0.25, -0.2) is 0 Å². The molecule has 1 N–H and O–H groups in total. The lowest BCUT2D eigenvalue weighted by Gasteiger charge is -2.10. The number of halogens is 3. The van der Waals surface area contributed by atoms with E-state index in [4.69, 9.17) is 5.26 Å². The lowest BCUT2D eigenvalue weighted by molar-refractivity contribution is -0.129. The summed E-state index contributed by atoms with van der Waals surface area (Å²) >= 11 is -0.263. The number of Topliss-reactive ketones (excluding diaryl/α,β-unsaturated/α-hetero) is 1. The van der Waals surface area contributed by atoms with Crippen LogP contribution in [0.1, 0.15) is 12.8 Å². The molecule has 8 heteroatoms. The molecule has 0 saturated heterocycles. The first-order valence-electron chi connectivity index (χ1n) is 6.40. The predicted octanol–water partition coefficient (Wildman–Crippen LogP) is 3.36. The van der Waals surface area contributed by atoms with E-state index in [1.807, 2.05) is 0 Å². The van der Waals surface area contributed by atoms with Crippen LogP contribution in [0, 0.1) is 23.2 Å². The van der Waals surface area contributed by atoms with Crippen LogP contribution in [0.2, 0.25) is 0 Å². The van der Waals surface area contributed by atoms with Gasteiger partial charge in [-0.15, -0.1) is 0 Å². The van der Waals surface area contributed by atoms with E-state index in [0.717, 1.165) is 0 Å². The van der Waals surface area contributed by atoms with E-state index < -0.39 is 23.1 Å². The van der Waals surface area contributed by atoms with Gasteiger partial charge >= 0.3 is 5.51 Å². The molecule has 1 amide bonds. The molecule has 22 heavy (non-hydrogen) atoms. The normalized spacial score (nSPS) is 15.7. The average Bonchev–Trinajstić information content (AvgIpc) is 3.24. The van der Waals surface area contributed by atoms with Gasteiger partial charge in [0.2, 0.25) is 5.91 Å². The fourth-order valence-electron chi connectivity index (χ4n) is 1.81. The van der Waals surface area contributed by atoms with Gasteiger partial charge in [-0.1, -0.05) is 0 Å². The number of nitrogens with one attached hydrogen (secondary N) is 1. The summed E-state index contributed by atoms with van der Waals surface area (Å²) in [5.41, 5.74) is -4.15. The number of hydrogen-bond donors (Lipinski definition) is 1. The summed E-state index contributed by atoms with van der Waals surface area (Å²) in [4.78, 5) is 23.6. The van der Waals surface area contributed by atoms with Gasteiger partial charge in [0.15, 0.2) is 11.7 Å². The Labute approximate surface area is 128 Å². The molecule has 1 aromatic rings. The number of amides is 1. The number of anilines is 1. The molecule has 1 saturated carbocycles. The largest absolute Gasteiger partial charge is 0.446 e. The van der Waals surface area contributed by atoms with E-state index in [0.29, 0.717) is 12.8 Å². The standard InChI is InChI=1S/C14H11F3N2O2S/c15-14(16,17)22-10-5-3-9(4-6-10)19-13(21)11(7-18)12(20)8-1-2-8/h3-6,8,11H,1-2H2,(H,19,21). The highest BCUT2D eigenvalue weighted by atomic mass is 32.2. The zero-order valence-electron chi connectivity index (χ0n) is 11.2. The van der Waals surface area contributed by atoms with Gasteiger partial charge in [0.1, 0.15) is 0 Å². The lowest BCUT2D eigenvalue weighted by atomic mass is 10.0. The first-order valence-corrected chi connectivity index (χ1v) is 7.22. The number of nitrogens with zero attached hydrogens (tertiary/aromatic N) is 1. The van der Waals surface area contributed by atoms with Crippen molar-refractivity contribution in [2.75, 3.05) is 5.32 Å². The molecule has 1 fully saturated rings. The molecule has 0 aromatic heterocycles. The van der Waals surface area contributed by atoms with Gasteiger partial charge in [-0.2, -0.15) is 18.4 Å². The number of carbonyl (C=O) groups is 2. The molecule has 116 valence electrons. The van der Waals surface area contributed by atoms with Crippen molar-refractivity contribution in [3.05, 3.63) is 24.3 Å². The molecule has 1 unspecified atom stereocenters. The summed E-state index contributed by atoms with van der Waals surface area (Å²) in [6, 6.07) is 6.67. The minimum atomic E-state index is -4.38. The molecule has 1 aliphatic carbocycles. The third-order valence-electron chi connectivity index (χ3n) is 3.01. The molecule has 1 aliphatic rings. The topological polar surface area (TPSA) is 70.0 Å². The van der Waals surface area contributed by atoms with E-state index >= 15 is 0 Å². The molecule has 1 atom stereocenters. The molecule has 0 spiro atoms. The zero-order chi connectivity index (χ0) is 16.3. The SMILES string of the molecule is N#CC(C(=O)Nc1ccc(SC(F)(F)F)cc1)C(=O)C1CC1. The molecule has 0 heterocycles. The Kier molecular flexibility index (Phi) is 4.76. The van der Waals surface area contributed by atoms with Crippen molar-refractivity contribution in [1.82, 2.24) is 0 Å². The van der Waals surface area contributed by atoms with Gasteiger partial charge in [-0.3, -0.25) is 9.59 Å². The van der Waals surface area contributed by atoms with Crippen molar-refractivity contribution in [3.8, 4) is 6.07 Å². The number of benzene rings is 1. The second-order valence-corrected chi connectivity index (χ2v) is 5.94. The van der Waals surface area contributed by atoms with Crippen LogP contribution in [0.5, 0.6) is 0 Å². The van der Waals surface area contributed by atoms with Crippen molar-refractivity contribution in [2.45, 2.75) is 23.2 Å². The van der Waals surface area contributed by atoms with Crippen LogP contribution in [0.3, 0.4) is 0 Å². The fraction of sp³-hybridized carbons (Fsp3) is 0.357. The van der Waals surface area contributed by atoms with Gasteiger partial charge < -0.3 is 5.32 Å². The molecular formula is C14H11F3N2O2S. The van der Waals surface area contributed by atoms with E-state index in [1.54, 1.807) is 6.07 Å². The summed E-state index contributed by atoms with van der Waals surface area (Å²) in [6.45, 7) is 0. The van der Waals surface area contributed by atoms with Crippen LogP contribution in [0.25, 0.3) is 0 Å². The number of rotatable bonds is 5. The van der Waals surface area contributed by atoms with Crippen molar-refractivity contribution >= 4 is 29.1 Å². The highest BCUT2D eigenvalue weighted by molar-refractivity contribution is 8.00. The highest BCUT2D eigenvalue weighted by Gasteiger charge is 2.38. The Morgan fingerprint density at radius 3 is 2.32 bits per heavy atom. The molecule has 1 aromatic carbocycles. The van der Waals surface area contributed by atoms with Crippen LogP contribution < -0.4 is 5.32 Å². The Hall–Kier alpha value is -2.01. The van der Waals surface area contributed by atoms with E-state index in [2.05, 4.69) is 5.32 Å². The van der Waals surface area contributed by atoms with Gasteiger partial charge in [0.05, 0.1) is 6.07 Å². The molecule has 0 aliphatic heterocycles. The number of thioether (sulfide) groups is 1. The summed E-state index contributed by atoms with van der Waals surface area (Å²) in [5, 5.41) is 11.3. The molecule has 0 bridgehead atoms. The maximum absolute atomic E-state index is 12.2. The summed E-state index contributed by atoms with van der Waals surface area (Å²) in [6.07, 6.45) is 1.38. The van der Waals surface area contributed by atoms with E-state index in [9.17, 15) is 22.8 Å². The maximum Gasteiger partial charge on any atom is 0.446 e. The minimum Gasteiger partial charge on any atom is -0.325 e. The van der Waals surface area contributed by atoms with Crippen molar-refractivity contribution in [3.63, 3.8) is 0 Å². The summed E-state index contributed by atoms with van der Waals surface area (Å²) in [5.74, 6) is -2.75. The van der Waals surface area contributed by atoms with Crippen LogP contribution in [-0.4, -0.2) is 17.2 Å². The number of nitriles is 1. The predicted molar refractivity (Wildman–Crippen MR) is 73.8 cm³/mol. The van der Waals surface area contributed by atoms with E-state index in [-0.39, 0.29) is 28.3 Å². The van der Waals surface area contributed by atoms with Crippen LogP contribution in [0.15, 0.2) is 29.2 Å². The Balaban J connectivity index is 1.99. The summed E-state index contributed by atoms with van der Waals surface area (Å²) in [7, 11) is 0. The lowest BCUT2D eigenvalue weighted by Crippen LogP contribution is -2.29. The van der Waals surface area contributed by atoms with Crippen molar-refractivity contribution in [2.24, 2.45) is 11.8 Å². The number of ketones is 1. The van der Waals surface area contributed by atoms with Crippen LogP contribution >= 0.6 is 11.8 Å². The van der Waals surface area contributed by atoms with Crippen molar-refractivity contribution < 1.29 is 22.8 Å². The number of hydrogen-bond acceptors (Lipinski definition) is 4. The van der Waals surface area contributed by atoms with Gasteiger partial charge in [-0.05, 0) is 48.9 Å². The first kappa shape index (κ1) is 16.4. The third-order valence-corrected chi connectivity index (χ3v) is 3.75. The minimum absolute atomic E-state index is 0.0172. The Morgan fingerprint density at radius 2 is 1.86 bits per heavy atom. The maximum atomic E-state index is 12.2. The monoisotopic (exact) mass is 328 g/mol. The number of alkyl halides is 3. The smallest absolute Gasteiger partial charge is 0.325 e. The molecule has 2 rings (SSSR count). The molecule has 0 radical (unpaired) electrons. The quantitative estimate of drug-likeness (QED) is 0.665. The number of carbonyl (C=O) groups excluding carboxylic acids is 2. The zero-order valence-corrected chi connectivity index (χ0v) is 12.0. The van der Waals surface area contributed by atoms with Crippen LogP contribution in [0.4, 0.5) is 18.9 Å². The first-order chi connectivity index (χ1) is 10.3. The van der Waals surface area contributed by atoms with E-state index in [1.165, 1.54) is 24.3 Å². The molecule has 4 nitrogen and oxygen atoms in total. The Morgan fingerprint density at radius 1 is 1.27 bits per heavy atom. The van der Waals surface area contributed by atoms with Crippen molar-refractivity contribution in [1.29, 1.82) is 5.26 Å². The van der Waals surface area contributed by atoms with Crippen LogP contribution in [-0.2, 0) is 9.59 Å². The second-order valence-electron chi connectivity index (χ2n) is 4.80. The molecular weight excluding hydrogens is 317 g/mol. The highest BCUT2D eigenvalue weighted by Crippen LogP contribution is 2.37.